The lowest BCUT2D eigenvalue weighted by Gasteiger charge is -2.05. The Hall–Kier alpha value is -2.82. The second kappa shape index (κ2) is 5.28. The third kappa shape index (κ3) is 2.72. The lowest BCUT2D eigenvalue weighted by molar-refractivity contribution is 0.0697. The van der Waals surface area contributed by atoms with Crippen LogP contribution in [0.15, 0.2) is 48.7 Å². The zero-order chi connectivity index (χ0) is 14.8. The molecule has 0 saturated carbocycles. The van der Waals surface area contributed by atoms with E-state index in [-0.39, 0.29) is 18.0 Å². The zero-order valence-corrected chi connectivity index (χ0v) is 11.0. The number of benzene rings is 2. The second-order valence-corrected chi connectivity index (χ2v) is 4.63. The van der Waals surface area contributed by atoms with E-state index in [1.807, 2.05) is 0 Å². The van der Waals surface area contributed by atoms with Crippen molar-refractivity contribution in [2.24, 2.45) is 0 Å². The number of aromatic amines is 1. The Morgan fingerprint density at radius 3 is 2.86 bits per heavy atom. The summed E-state index contributed by atoms with van der Waals surface area (Å²) >= 11 is 0. The summed E-state index contributed by atoms with van der Waals surface area (Å²) in [5.74, 6) is -0.868. The van der Waals surface area contributed by atoms with Gasteiger partial charge in [0, 0.05) is 28.7 Å². The number of carboxylic acid groups (broad SMARTS) is 1. The predicted molar refractivity (Wildman–Crippen MR) is 76.0 cm³/mol. The molecule has 1 aromatic heterocycles. The molecule has 4 nitrogen and oxygen atoms in total. The summed E-state index contributed by atoms with van der Waals surface area (Å²) in [7, 11) is 0. The normalized spacial score (nSPS) is 10.7. The second-order valence-electron chi connectivity index (χ2n) is 4.63. The average molecular weight is 285 g/mol. The minimum atomic E-state index is -0.968. The molecule has 0 spiro atoms. The number of nitrogens with one attached hydrogen (secondary N) is 1. The van der Waals surface area contributed by atoms with Gasteiger partial charge in [-0.05, 0) is 24.3 Å². The predicted octanol–water partition coefficient (Wildman–Crippen LogP) is 3.58. The van der Waals surface area contributed by atoms with Gasteiger partial charge in [0.1, 0.15) is 18.2 Å². The molecule has 0 atom stereocenters. The van der Waals surface area contributed by atoms with Gasteiger partial charge in [-0.15, -0.1) is 0 Å². The number of ether oxygens (including phenoxy) is 1. The summed E-state index contributed by atoms with van der Waals surface area (Å²) in [6, 6.07) is 10.8. The van der Waals surface area contributed by atoms with E-state index in [1.54, 1.807) is 36.5 Å². The maximum absolute atomic E-state index is 13.1. The van der Waals surface area contributed by atoms with Crippen LogP contribution in [0, 0.1) is 5.82 Å². The molecule has 0 aliphatic carbocycles. The Bertz CT molecular complexity index is 810. The highest BCUT2D eigenvalue weighted by Gasteiger charge is 2.08. The number of halogens is 1. The Morgan fingerprint density at radius 2 is 2.10 bits per heavy atom. The number of carbonyl (C=O) groups is 1. The van der Waals surface area contributed by atoms with Gasteiger partial charge in [-0.2, -0.15) is 0 Å². The lowest BCUT2D eigenvalue weighted by Crippen LogP contribution is -1.96. The fraction of sp³-hybridized carbons (Fsp3) is 0.0625. The fourth-order valence-electron chi connectivity index (χ4n) is 2.16. The Labute approximate surface area is 119 Å². The van der Waals surface area contributed by atoms with Crippen molar-refractivity contribution in [3.63, 3.8) is 0 Å². The van der Waals surface area contributed by atoms with Crippen molar-refractivity contribution < 1.29 is 19.0 Å². The summed E-state index contributed by atoms with van der Waals surface area (Å²) in [6.07, 6.45) is 1.76. The number of rotatable bonds is 4. The molecular formula is C16H12FNO3. The van der Waals surface area contributed by atoms with Crippen molar-refractivity contribution in [1.82, 2.24) is 4.98 Å². The Balaban J connectivity index is 1.83. The molecule has 3 rings (SSSR count). The number of hydrogen-bond acceptors (Lipinski definition) is 2. The van der Waals surface area contributed by atoms with Crippen LogP contribution in [0.25, 0.3) is 10.9 Å². The molecule has 21 heavy (non-hydrogen) atoms. The molecule has 0 saturated heterocycles. The van der Waals surface area contributed by atoms with Gasteiger partial charge in [-0.25, -0.2) is 9.18 Å². The van der Waals surface area contributed by atoms with Gasteiger partial charge in [-0.1, -0.05) is 12.1 Å². The van der Waals surface area contributed by atoms with Crippen molar-refractivity contribution in [1.29, 1.82) is 0 Å². The van der Waals surface area contributed by atoms with Crippen molar-refractivity contribution in [2.75, 3.05) is 0 Å². The van der Waals surface area contributed by atoms with E-state index < -0.39 is 5.97 Å². The summed E-state index contributed by atoms with van der Waals surface area (Å²) in [4.78, 5) is 13.9. The van der Waals surface area contributed by atoms with Gasteiger partial charge < -0.3 is 14.8 Å². The number of carboxylic acids is 1. The molecule has 0 amide bonds. The van der Waals surface area contributed by atoms with E-state index >= 15 is 0 Å². The van der Waals surface area contributed by atoms with E-state index in [4.69, 9.17) is 9.84 Å². The number of hydrogen-bond donors (Lipinski definition) is 2. The lowest BCUT2D eigenvalue weighted by atomic mass is 10.1. The van der Waals surface area contributed by atoms with Gasteiger partial charge in [0.15, 0.2) is 0 Å². The maximum atomic E-state index is 13.1. The first kappa shape index (κ1) is 13.2. The van der Waals surface area contributed by atoms with Crippen LogP contribution in [0.2, 0.25) is 0 Å². The highest BCUT2D eigenvalue weighted by Crippen LogP contribution is 2.22. The third-order valence-electron chi connectivity index (χ3n) is 3.20. The molecule has 0 aliphatic rings. The van der Waals surface area contributed by atoms with Crippen molar-refractivity contribution in [3.05, 3.63) is 65.6 Å². The maximum Gasteiger partial charge on any atom is 0.335 e. The fourth-order valence-corrected chi connectivity index (χ4v) is 2.16. The molecule has 3 aromatic rings. The van der Waals surface area contributed by atoms with Crippen LogP contribution < -0.4 is 4.74 Å². The summed E-state index contributed by atoms with van der Waals surface area (Å²) < 4.78 is 18.6. The number of aromatic carboxylic acids is 1. The van der Waals surface area contributed by atoms with Crippen LogP contribution in [0.1, 0.15) is 15.9 Å². The summed E-state index contributed by atoms with van der Waals surface area (Å²) in [5, 5.41) is 9.84. The first-order valence-electron chi connectivity index (χ1n) is 6.35. The average Bonchev–Trinajstić information content (AvgIpc) is 2.87. The van der Waals surface area contributed by atoms with Gasteiger partial charge in [-0.3, -0.25) is 0 Å². The highest BCUT2D eigenvalue weighted by atomic mass is 19.1. The molecule has 0 bridgehead atoms. The molecule has 5 heteroatoms. The van der Waals surface area contributed by atoms with Crippen LogP contribution in [-0.4, -0.2) is 16.1 Å². The monoisotopic (exact) mass is 285 g/mol. The van der Waals surface area contributed by atoms with E-state index in [9.17, 15) is 9.18 Å². The van der Waals surface area contributed by atoms with E-state index in [0.717, 1.165) is 16.5 Å². The number of fused-ring (bicyclic) bond motifs is 1. The van der Waals surface area contributed by atoms with Crippen LogP contribution in [0.5, 0.6) is 5.75 Å². The molecular weight excluding hydrogens is 273 g/mol. The molecule has 0 fully saturated rings. The van der Waals surface area contributed by atoms with Gasteiger partial charge in [0.25, 0.3) is 0 Å². The number of H-pyrrole nitrogens is 1. The smallest absolute Gasteiger partial charge is 0.335 e. The largest absolute Gasteiger partial charge is 0.489 e. The van der Waals surface area contributed by atoms with Crippen LogP contribution in [0.3, 0.4) is 0 Å². The highest BCUT2D eigenvalue weighted by molar-refractivity contribution is 5.94. The minimum absolute atomic E-state index is 0.224. The quantitative estimate of drug-likeness (QED) is 0.770. The van der Waals surface area contributed by atoms with Crippen molar-refractivity contribution in [3.8, 4) is 5.75 Å². The standard InChI is InChI=1S/C16H12FNO3/c17-12-2-1-3-13(7-12)21-9-11-8-18-15-6-10(16(19)20)4-5-14(11)15/h1-8,18H,9H2,(H,19,20). The molecule has 0 unspecified atom stereocenters. The number of aromatic nitrogens is 1. The van der Waals surface area contributed by atoms with Gasteiger partial charge in [0.2, 0.25) is 0 Å². The van der Waals surface area contributed by atoms with Gasteiger partial charge in [0.05, 0.1) is 5.56 Å². The SMILES string of the molecule is O=C(O)c1ccc2c(COc3cccc(F)c3)c[nH]c2c1. The van der Waals surface area contributed by atoms with Gasteiger partial charge >= 0.3 is 5.97 Å². The first-order chi connectivity index (χ1) is 10.1. The van der Waals surface area contributed by atoms with E-state index in [0.29, 0.717) is 5.75 Å². The molecule has 0 radical (unpaired) electrons. The Kier molecular flexibility index (Phi) is 3.31. The van der Waals surface area contributed by atoms with E-state index in [1.165, 1.54) is 12.1 Å². The minimum Gasteiger partial charge on any atom is -0.489 e. The molecule has 2 aromatic carbocycles. The summed E-state index contributed by atoms with van der Waals surface area (Å²) in [5.41, 5.74) is 1.83. The molecule has 1 heterocycles. The van der Waals surface area contributed by atoms with Crippen molar-refractivity contribution in [2.45, 2.75) is 6.61 Å². The van der Waals surface area contributed by atoms with Crippen LogP contribution in [0.4, 0.5) is 4.39 Å². The molecule has 0 aliphatic heterocycles. The molecule has 106 valence electrons. The van der Waals surface area contributed by atoms with Crippen LogP contribution >= 0.6 is 0 Å². The Morgan fingerprint density at radius 1 is 1.24 bits per heavy atom. The summed E-state index contributed by atoms with van der Waals surface area (Å²) in [6.45, 7) is 0.274. The van der Waals surface area contributed by atoms with E-state index in [2.05, 4.69) is 4.98 Å². The van der Waals surface area contributed by atoms with Crippen LogP contribution in [-0.2, 0) is 6.61 Å². The zero-order valence-electron chi connectivity index (χ0n) is 11.0. The molecule has 2 N–H and O–H groups in total. The topological polar surface area (TPSA) is 62.3 Å². The van der Waals surface area contributed by atoms with Crippen molar-refractivity contribution >= 4 is 16.9 Å². The first-order valence-corrected chi connectivity index (χ1v) is 6.35. The third-order valence-corrected chi connectivity index (χ3v) is 3.20.